The largest absolute Gasteiger partial charge is 0.339 e. The van der Waals surface area contributed by atoms with Gasteiger partial charge in [0.2, 0.25) is 21.7 Å². The maximum absolute atomic E-state index is 12.4. The number of hydrogen-bond acceptors (Lipinski definition) is 7. The lowest BCUT2D eigenvalue weighted by molar-refractivity contribution is 0.379. The molecule has 0 spiro atoms. The molecule has 0 amide bonds. The summed E-state index contributed by atoms with van der Waals surface area (Å²) in [6.45, 7) is 3.68. The Morgan fingerprint density at radius 3 is 2.55 bits per heavy atom. The van der Waals surface area contributed by atoms with Crippen molar-refractivity contribution in [2.24, 2.45) is 7.05 Å². The van der Waals surface area contributed by atoms with E-state index in [1.54, 1.807) is 61.0 Å². The Labute approximate surface area is 178 Å². The number of rotatable bonds is 6. The van der Waals surface area contributed by atoms with Crippen molar-refractivity contribution in [3.05, 3.63) is 70.0 Å². The van der Waals surface area contributed by atoms with Gasteiger partial charge in [0.15, 0.2) is 0 Å². The molecule has 0 saturated carbocycles. The summed E-state index contributed by atoms with van der Waals surface area (Å²) in [6.07, 6.45) is 0.248. The van der Waals surface area contributed by atoms with Crippen molar-refractivity contribution in [2.45, 2.75) is 25.2 Å². The number of aryl methyl sites for hydroxylation is 3. The number of benzene rings is 2. The number of hydrogen-bond donors (Lipinski definition) is 1. The molecule has 0 aliphatic heterocycles. The van der Waals surface area contributed by atoms with Gasteiger partial charge >= 0.3 is 0 Å². The first-order valence-corrected chi connectivity index (χ1v) is 11.1. The van der Waals surface area contributed by atoms with Crippen LogP contribution in [-0.4, -0.2) is 34.7 Å². The Bertz CT molecular complexity index is 1420. The van der Waals surface area contributed by atoms with Crippen molar-refractivity contribution in [2.75, 3.05) is 6.54 Å². The molecule has 0 bridgehead atoms. The van der Waals surface area contributed by atoms with Crippen molar-refractivity contribution in [3.63, 3.8) is 0 Å². The highest BCUT2D eigenvalue weighted by Gasteiger charge is 2.15. The lowest BCUT2D eigenvalue weighted by Gasteiger charge is -2.06. The fraction of sp³-hybridized carbons (Fsp3) is 0.238. The average Bonchev–Trinajstić information content (AvgIpc) is 3.21. The highest BCUT2D eigenvalue weighted by atomic mass is 32.2. The molecule has 2 heterocycles. The summed E-state index contributed by atoms with van der Waals surface area (Å²) < 4.78 is 34.1. The number of fused-ring (bicyclic) bond motifs is 1. The molecule has 0 saturated heterocycles. The Morgan fingerprint density at radius 2 is 1.81 bits per heavy atom. The van der Waals surface area contributed by atoms with Crippen molar-refractivity contribution in [3.8, 4) is 11.4 Å². The second-order valence-electron chi connectivity index (χ2n) is 7.24. The van der Waals surface area contributed by atoms with Crippen LogP contribution < -0.4 is 10.3 Å². The van der Waals surface area contributed by atoms with E-state index in [-0.39, 0.29) is 23.4 Å². The molecular weight excluding hydrogens is 418 g/mol. The van der Waals surface area contributed by atoms with Gasteiger partial charge in [-0.05, 0) is 44.2 Å². The van der Waals surface area contributed by atoms with Crippen LogP contribution in [0.2, 0.25) is 0 Å². The fourth-order valence-electron chi connectivity index (χ4n) is 3.18. The SMILES string of the molecule is Cc1ccc(S(=O)(=O)NCCc2nc(-c3ccc4c(c3)nc(C)c(=O)n4C)no2)cc1. The smallest absolute Gasteiger partial charge is 0.272 e. The minimum absolute atomic E-state index is 0.123. The van der Waals surface area contributed by atoms with E-state index in [0.717, 1.165) is 5.56 Å². The monoisotopic (exact) mass is 439 g/mol. The van der Waals surface area contributed by atoms with Crippen LogP contribution in [-0.2, 0) is 23.5 Å². The van der Waals surface area contributed by atoms with E-state index >= 15 is 0 Å². The zero-order chi connectivity index (χ0) is 22.2. The number of sulfonamides is 1. The zero-order valence-electron chi connectivity index (χ0n) is 17.3. The summed E-state index contributed by atoms with van der Waals surface area (Å²) in [5, 5.41) is 3.98. The minimum Gasteiger partial charge on any atom is -0.339 e. The van der Waals surface area contributed by atoms with Crippen LogP contribution in [0.4, 0.5) is 0 Å². The zero-order valence-corrected chi connectivity index (χ0v) is 18.1. The summed E-state index contributed by atoms with van der Waals surface area (Å²) in [5.41, 5.74) is 3.28. The van der Waals surface area contributed by atoms with Gasteiger partial charge in [0.25, 0.3) is 5.56 Å². The van der Waals surface area contributed by atoms with Crippen molar-refractivity contribution in [1.82, 2.24) is 24.4 Å². The van der Waals surface area contributed by atoms with Gasteiger partial charge < -0.3 is 9.09 Å². The summed E-state index contributed by atoms with van der Waals surface area (Å²) in [5.74, 6) is 0.679. The maximum Gasteiger partial charge on any atom is 0.272 e. The van der Waals surface area contributed by atoms with Gasteiger partial charge in [0, 0.05) is 25.6 Å². The van der Waals surface area contributed by atoms with E-state index in [1.807, 2.05) is 6.92 Å². The summed E-state index contributed by atoms with van der Waals surface area (Å²) in [6, 6.07) is 12.0. The Kier molecular flexibility index (Phi) is 5.42. The first-order valence-electron chi connectivity index (χ1n) is 9.61. The fourth-order valence-corrected chi connectivity index (χ4v) is 4.21. The van der Waals surface area contributed by atoms with Crippen LogP contribution in [0.15, 0.2) is 56.7 Å². The third-order valence-electron chi connectivity index (χ3n) is 4.93. The summed E-state index contributed by atoms with van der Waals surface area (Å²) in [4.78, 5) is 20.9. The lowest BCUT2D eigenvalue weighted by atomic mass is 10.1. The molecule has 10 heteroatoms. The molecule has 160 valence electrons. The molecule has 0 aliphatic rings. The van der Waals surface area contributed by atoms with Crippen LogP contribution in [0.3, 0.4) is 0 Å². The molecule has 31 heavy (non-hydrogen) atoms. The number of nitrogens with zero attached hydrogens (tertiary/aromatic N) is 4. The van der Waals surface area contributed by atoms with Gasteiger partial charge in [0.1, 0.15) is 5.69 Å². The molecule has 9 nitrogen and oxygen atoms in total. The molecule has 0 unspecified atom stereocenters. The van der Waals surface area contributed by atoms with E-state index in [0.29, 0.717) is 34.0 Å². The molecule has 0 atom stereocenters. The van der Waals surface area contributed by atoms with E-state index < -0.39 is 10.0 Å². The topological polar surface area (TPSA) is 120 Å². The van der Waals surface area contributed by atoms with Crippen LogP contribution in [0, 0.1) is 13.8 Å². The Morgan fingerprint density at radius 1 is 1.06 bits per heavy atom. The summed E-state index contributed by atoms with van der Waals surface area (Å²) >= 11 is 0. The highest BCUT2D eigenvalue weighted by Crippen LogP contribution is 2.21. The molecule has 2 aromatic heterocycles. The second-order valence-corrected chi connectivity index (χ2v) is 9.00. The van der Waals surface area contributed by atoms with Gasteiger partial charge in [-0.15, -0.1) is 0 Å². The minimum atomic E-state index is -3.60. The van der Waals surface area contributed by atoms with Gasteiger partial charge in [-0.2, -0.15) is 4.98 Å². The molecule has 0 radical (unpaired) electrons. The van der Waals surface area contributed by atoms with Gasteiger partial charge in [0.05, 0.1) is 15.9 Å². The first kappa shape index (κ1) is 20.9. The molecule has 0 aliphatic carbocycles. The predicted molar refractivity (Wildman–Crippen MR) is 115 cm³/mol. The third-order valence-corrected chi connectivity index (χ3v) is 6.40. The molecule has 1 N–H and O–H groups in total. The van der Waals surface area contributed by atoms with E-state index in [9.17, 15) is 13.2 Å². The molecule has 0 fully saturated rings. The highest BCUT2D eigenvalue weighted by molar-refractivity contribution is 7.89. The average molecular weight is 439 g/mol. The van der Waals surface area contributed by atoms with Crippen LogP contribution >= 0.6 is 0 Å². The first-order chi connectivity index (χ1) is 14.7. The summed E-state index contributed by atoms with van der Waals surface area (Å²) in [7, 11) is -1.91. The normalized spacial score (nSPS) is 11.8. The van der Waals surface area contributed by atoms with Gasteiger partial charge in [-0.3, -0.25) is 4.79 Å². The van der Waals surface area contributed by atoms with E-state index in [1.165, 1.54) is 0 Å². The van der Waals surface area contributed by atoms with Gasteiger partial charge in [-0.25, -0.2) is 18.1 Å². The second kappa shape index (κ2) is 8.05. The van der Waals surface area contributed by atoms with Crippen LogP contribution in [0.1, 0.15) is 17.1 Å². The quantitative estimate of drug-likeness (QED) is 0.489. The van der Waals surface area contributed by atoms with Crippen molar-refractivity contribution in [1.29, 1.82) is 0 Å². The third kappa shape index (κ3) is 4.25. The standard InChI is InChI=1S/C21H21N5O4S/c1-13-4-7-16(8-5-13)31(28,29)22-11-10-19-24-20(25-30-19)15-6-9-18-17(12-15)23-14(2)21(27)26(18)3/h4-9,12,22H,10-11H2,1-3H3. The maximum atomic E-state index is 12.4. The molecule has 4 aromatic rings. The number of aromatic nitrogens is 4. The lowest BCUT2D eigenvalue weighted by Crippen LogP contribution is -2.26. The van der Waals surface area contributed by atoms with Gasteiger partial charge in [-0.1, -0.05) is 22.9 Å². The van der Waals surface area contributed by atoms with Crippen LogP contribution in [0.5, 0.6) is 0 Å². The molecule has 2 aromatic carbocycles. The predicted octanol–water partition coefficient (Wildman–Crippen LogP) is 2.12. The van der Waals surface area contributed by atoms with E-state index in [4.69, 9.17) is 4.52 Å². The van der Waals surface area contributed by atoms with Crippen molar-refractivity contribution < 1.29 is 12.9 Å². The molecule has 4 rings (SSSR count). The Hall–Kier alpha value is -3.37. The van der Waals surface area contributed by atoms with Crippen LogP contribution in [0.25, 0.3) is 22.4 Å². The van der Waals surface area contributed by atoms with Crippen molar-refractivity contribution >= 4 is 21.1 Å². The Balaban J connectivity index is 1.48. The number of nitrogens with one attached hydrogen (secondary N) is 1. The molecular formula is C21H21N5O4S. The van der Waals surface area contributed by atoms with E-state index in [2.05, 4.69) is 19.8 Å².